The maximum absolute atomic E-state index is 12.2. The molecule has 0 spiro atoms. The number of benzene rings is 1. The zero-order chi connectivity index (χ0) is 16.1. The quantitative estimate of drug-likeness (QED) is 0.885. The molecular formula is C17H18N2O3S. The summed E-state index contributed by atoms with van der Waals surface area (Å²) in [6.07, 6.45) is 0.937. The highest BCUT2D eigenvalue weighted by Crippen LogP contribution is 2.28. The number of carbonyl (C=O) groups is 2. The molecule has 6 heteroatoms. The van der Waals surface area contributed by atoms with Crippen LogP contribution in [0.4, 0.5) is 5.69 Å². The zero-order valence-electron chi connectivity index (χ0n) is 12.6. The van der Waals surface area contributed by atoms with E-state index in [0.29, 0.717) is 18.0 Å². The number of thiophene rings is 1. The van der Waals surface area contributed by atoms with Crippen molar-refractivity contribution in [3.05, 3.63) is 46.7 Å². The summed E-state index contributed by atoms with van der Waals surface area (Å²) >= 11 is 1.67. The first-order chi connectivity index (χ1) is 11.2. The molecule has 2 aromatic rings. The fraction of sp³-hybridized carbons (Fsp3) is 0.294. The van der Waals surface area contributed by atoms with Crippen molar-refractivity contribution in [1.82, 2.24) is 5.32 Å². The molecule has 1 atom stereocenters. The Bertz CT molecular complexity index is 685. The van der Waals surface area contributed by atoms with Crippen LogP contribution in [-0.2, 0) is 16.0 Å². The van der Waals surface area contributed by atoms with Crippen LogP contribution >= 0.6 is 11.3 Å². The maximum atomic E-state index is 12.2. The Kier molecular flexibility index (Phi) is 4.92. The first-order valence-electron chi connectivity index (χ1n) is 7.54. The predicted molar refractivity (Wildman–Crippen MR) is 89.7 cm³/mol. The van der Waals surface area contributed by atoms with Crippen molar-refractivity contribution in [2.45, 2.75) is 12.8 Å². The van der Waals surface area contributed by atoms with Gasteiger partial charge >= 0.3 is 0 Å². The normalized spacial score (nSPS) is 16.7. The van der Waals surface area contributed by atoms with Gasteiger partial charge in [-0.3, -0.25) is 9.59 Å². The lowest BCUT2D eigenvalue weighted by molar-refractivity contribution is -0.128. The largest absolute Gasteiger partial charge is 0.491 e. The average molecular weight is 330 g/mol. The van der Waals surface area contributed by atoms with Crippen molar-refractivity contribution in [2.24, 2.45) is 5.92 Å². The summed E-state index contributed by atoms with van der Waals surface area (Å²) in [5.41, 5.74) is 0.651. The van der Waals surface area contributed by atoms with Gasteiger partial charge in [-0.15, -0.1) is 11.3 Å². The fourth-order valence-corrected chi connectivity index (χ4v) is 3.13. The number of nitrogens with one attached hydrogen (secondary N) is 2. The molecule has 0 unspecified atom stereocenters. The highest BCUT2D eigenvalue weighted by molar-refractivity contribution is 7.09. The smallest absolute Gasteiger partial charge is 0.231 e. The molecule has 0 fully saturated rings. The van der Waals surface area contributed by atoms with Crippen LogP contribution in [-0.4, -0.2) is 25.0 Å². The molecule has 2 amide bonds. The maximum Gasteiger partial charge on any atom is 0.231 e. The number of amides is 2. The third kappa shape index (κ3) is 4.10. The number of hydrogen-bond donors (Lipinski definition) is 2. The number of hydrogen-bond acceptors (Lipinski definition) is 4. The van der Waals surface area contributed by atoms with Crippen molar-refractivity contribution in [1.29, 1.82) is 0 Å². The molecule has 5 nitrogen and oxygen atoms in total. The summed E-state index contributed by atoms with van der Waals surface area (Å²) in [6.45, 7) is 0.788. The van der Waals surface area contributed by atoms with Gasteiger partial charge in [-0.1, -0.05) is 18.2 Å². The van der Waals surface area contributed by atoms with E-state index in [0.717, 1.165) is 6.42 Å². The number of fused-ring (bicyclic) bond motifs is 1. The van der Waals surface area contributed by atoms with Gasteiger partial charge in [0.1, 0.15) is 12.4 Å². The van der Waals surface area contributed by atoms with Gasteiger partial charge in [0.25, 0.3) is 0 Å². The van der Waals surface area contributed by atoms with Gasteiger partial charge in [-0.25, -0.2) is 0 Å². The SMILES string of the molecule is O=C(C[C@@H]1COc2ccccc2NC1=O)NCCc1cccs1. The van der Waals surface area contributed by atoms with E-state index in [1.54, 1.807) is 23.5 Å². The van der Waals surface area contributed by atoms with Crippen LogP contribution in [0.1, 0.15) is 11.3 Å². The van der Waals surface area contributed by atoms with E-state index in [9.17, 15) is 9.59 Å². The molecule has 1 aliphatic heterocycles. The van der Waals surface area contributed by atoms with E-state index < -0.39 is 5.92 Å². The van der Waals surface area contributed by atoms with Crippen molar-refractivity contribution >= 4 is 28.8 Å². The molecule has 2 N–H and O–H groups in total. The highest BCUT2D eigenvalue weighted by Gasteiger charge is 2.26. The second-order valence-electron chi connectivity index (χ2n) is 5.38. The van der Waals surface area contributed by atoms with Crippen molar-refractivity contribution in [3.8, 4) is 5.75 Å². The Morgan fingerprint density at radius 3 is 3.00 bits per heavy atom. The first kappa shape index (κ1) is 15.6. The number of para-hydroxylation sites is 2. The Labute approximate surface area is 138 Å². The van der Waals surface area contributed by atoms with E-state index in [-0.39, 0.29) is 24.8 Å². The van der Waals surface area contributed by atoms with Gasteiger partial charge in [0, 0.05) is 17.8 Å². The summed E-state index contributed by atoms with van der Waals surface area (Å²) in [7, 11) is 0. The van der Waals surface area contributed by atoms with Gasteiger partial charge in [0.15, 0.2) is 0 Å². The van der Waals surface area contributed by atoms with E-state index in [1.165, 1.54) is 4.88 Å². The lowest BCUT2D eigenvalue weighted by atomic mass is 10.1. The zero-order valence-corrected chi connectivity index (χ0v) is 13.4. The Hall–Kier alpha value is -2.34. The lowest BCUT2D eigenvalue weighted by Crippen LogP contribution is -2.33. The van der Waals surface area contributed by atoms with Crippen molar-refractivity contribution < 1.29 is 14.3 Å². The monoisotopic (exact) mass is 330 g/mol. The average Bonchev–Trinajstić information content (AvgIpc) is 3.00. The van der Waals surface area contributed by atoms with Crippen molar-refractivity contribution in [3.63, 3.8) is 0 Å². The van der Waals surface area contributed by atoms with E-state index >= 15 is 0 Å². The molecule has 0 bridgehead atoms. The van der Waals surface area contributed by atoms with Crippen LogP contribution in [0.3, 0.4) is 0 Å². The van der Waals surface area contributed by atoms with Gasteiger partial charge in [-0.05, 0) is 30.0 Å². The second-order valence-corrected chi connectivity index (χ2v) is 6.41. The fourth-order valence-electron chi connectivity index (χ4n) is 2.42. The molecule has 0 radical (unpaired) electrons. The topological polar surface area (TPSA) is 67.4 Å². The summed E-state index contributed by atoms with van der Waals surface area (Å²) in [5, 5.41) is 7.69. The van der Waals surface area contributed by atoms with Gasteiger partial charge < -0.3 is 15.4 Å². The van der Waals surface area contributed by atoms with E-state index in [4.69, 9.17) is 4.74 Å². The predicted octanol–water partition coefficient (Wildman–Crippen LogP) is 2.44. The van der Waals surface area contributed by atoms with E-state index in [1.807, 2.05) is 29.6 Å². The molecule has 0 saturated carbocycles. The molecule has 1 aromatic carbocycles. The molecule has 0 saturated heterocycles. The third-order valence-electron chi connectivity index (χ3n) is 3.66. The molecule has 1 aliphatic rings. The van der Waals surface area contributed by atoms with Crippen molar-refractivity contribution in [2.75, 3.05) is 18.5 Å². The lowest BCUT2D eigenvalue weighted by Gasteiger charge is -2.12. The van der Waals surface area contributed by atoms with Crippen LogP contribution < -0.4 is 15.4 Å². The second kappa shape index (κ2) is 7.28. The first-order valence-corrected chi connectivity index (χ1v) is 8.42. The number of anilines is 1. The Balaban J connectivity index is 1.49. The van der Waals surface area contributed by atoms with Crippen LogP contribution in [0.5, 0.6) is 5.75 Å². The molecule has 120 valence electrons. The summed E-state index contributed by atoms with van der Waals surface area (Å²) in [6, 6.07) is 11.3. The Morgan fingerprint density at radius 2 is 2.17 bits per heavy atom. The van der Waals surface area contributed by atoms with Crippen LogP contribution in [0, 0.1) is 5.92 Å². The van der Waals surface area contributed by atoms with Crippen LogP contribution in [0.15, 0.2) is 41.8 Å². The third-order valence-corrected chi connectivity index (χ3v) is 4.60. The minimum atomic E-state index is -0.482. The van der Waals surface area contributed by atoms with Gasteiger partial charge in [0.05, 0.1) is 11.6 Å². The standard InChI is InChI=1S/C17H18N2O3S/c20-16(18-8-7-13-4-3-9-23-13)10-12-11-22-15-6-2-1-5-14(15)19-17(12)21/h1-6,9,12H,7-8,10-11H2,(H,18,20)(H,19,21)/t12-/m1/s1. The highest BCUT2D eigenvalue weighted by atomic mass is 32.1. The summed E-state index contributed by atoms with van der Waals surface area (Å²) < 4.78 is 5.63. The summed E-state index contributed by atoms with van der Waals surface area (Å²) in [5.74, 6) is -0.148. The molecule has 23 heavy (non-hydrogen) atoms. The summed E-state index contributed by atoms with van der Waals surface area (Å²) in [4.78, 5) is 25.5. The number of rotatable bonds is 5. The van der Waals surface area contributed by atoms with Gasteiger partial charge in [0.2, 0.25) is 11.8 Å². The van der Waals surface area contributed by atoms with E-state index in [2.05, 4.69) is 10.6 Å². The molecule has 0 aliphatic carbocycles. The Morgan fingerprint density at radius 1 is 1.30 bits per heavy atom. The minimum Gasteiger partial charge on any atom is -0.491 e. The number of carbonyl (C=O) groups excluding carboxylic acids is 2. The number of ether oxygens (including phenoxy) is 1. The van der Waals surface area contributed by atoms with Crippen LogP contribution in [0.2, 0.25) is 0 Å². The minimum absolute atomic E-state index is 0.128. The van der Waals surface area contributed by atoms with Gasteiger partial charge in [-0.2, -0.15) is 0 Å². The molecule has 1 aromatic heterocycles. The molecule has 2 heterocycles. The molecular weight excluding hydrogens is 312 g/mol. The van der Waals surface area contributed by atoms with Crippen LogP contribution in [0.25, 0.3) is 0 Å². The molecule has 3 rings (SSSR count).